The van der Waals surface area contributed by atoms with E-state index < -0.39 is 0 Å². The molecule has 0 spiro atoms. The van der Waals surface area contributed by atoms with Crippen molar-refractivity contribution in [1.82, 2.24) is 9.55 Å². The topological polar surface area (TPSA) is 68.2 Å². The molecular weight excluding hydrogens is 268 g/mol. The van der Waals surface area contributed by atoms with Crippen molar-refractivity contribution in [2.75, 3.05) is 24.4 Å². The number of anilines is 2. The van der Waals surface area contributed by atoms with Crippen molar-refractivity contribution in [3.63, 3.8) is 0 Å². The van der Waals surface area contributed by atoms with E-state index in [1.54, 1.807) is 6.20 Å². The van der Waals surface area contributed by atoms with Crippen molar-refractivity contribution in [1.29, 1.82) is 0 Å². The Morgan fingerprint density at radius 2 is 2.19 bits per heavy atom. The molecule has 2 aromatic rings. The fourth-order valence-electron chi connectivity index (χ4n) is 2.12. The summed E-state index contributed by atoms with van der Waals surface area (Å²) in [5.41, 5.74) is 1.65. The van der Waals surface area contributed by atoms with E-state index in [-0.39, 0.29) is 18.6 Å². The van der Waals surface area contributed by atoms with Crippen molar-refractivity contribution >= 4 is 17.3 Å². The van der Waals surface area contributed by atoms with Gasteiger partial charge in [0, 0.05) is 37.9 Å². The lowest BCUT2D eigenvalue weighted by Crippen LogP contribution is -2.17. The Balaban J connectivity index is 2.04. The zero-order chi connectivity index (χ0) is 15.2. The Hall–Kier alpha value is -2.34. The molecule has 112 valence electrons. The molecule has 2 N–H and O–H groups in total. The first kappa shape index (κ1) is 15.1. The third kappa shape index (κ3) is 4.06. The van der Waals surface area contributed by atoms with Crippen LogP contribution in [0.15, 0.2) is 36.7 Å². The minimum absolute atomic E-state index is 0.0430. The number of nitrogens with zero attached hydrogens (tertiary/aromatic N) is 2. The Kier molecular flexibility index (Phi) is 4.94. The molecule has 0 aliphatic heterocycles. The van der Waals surface area contributed by atoms with Gasteiger partial charge in [0.1, 0.15) is 12.4 Å². The SMILES string of the molecule is COCC(=O)Nc1cccc(NC(C)c2nccn2C)c1. The fourth-order valence-corrected chi connectivity index (χ4v) is 2.12. The molecule has 0 bridgehead atoms. The van der Waals surface area contributed by atoms with Crippen molar-refractivity contribution < 1.29 is 9.53 Å². The summed E-state index contributed by atoms with van der Waals surface area (Å²) in [4.78, 5) is 15.8. The van der Waals surface area contributed by atoms with E-state index in [4.69, 9.17) is 4.74 Å². The van der Waals surface area contributed by atoms with Crippen LogP contribution in [0.4, 0.5) is 11.4 Å². The average Bonchev–Trinajstić information content (AvgIpc) is 2.85. The van der Waals surface area contributed by atoms with E-state index in [2.05, 4.69) is 15.6 Å². The Morgan fingerprint density at radius 1 is 1.43 bits per heavy atom. The predicted octanol–water partition coefficient (Wildman–Crippen LogP) is 2.18. The van der Waals surface area contributed by atoms with E-state index in [9.17, 15) is 4.79 Å². The quantitative estimate of drug-likeness (QED) is 0.855. The van der Waals surface area contributed by atoms with Crippen LogP contribution in [0, 0.1) is 0 Å². The van der Waals surface area contributed by atoms with Crippen molar-refractivity contribution in [2.45, 2.75) is 13.0 Å². The number of ether oxygens (including phenoxy) is 1. The van der Waals surface area contributed by atoms with Crippen molar-refractivity contribution in [3.05, 3.63) is 42.5 Å². The molecular formula is C15H20N4O2. The number of methoxy groups -OCH3 is 1. The van der Waals surface area contributed by atoms with Gasteiger partial charge in [0.15, 0.2) is 0 Å². The monoisotopic (exact) mass is 288 g/mol. The minimum Gasteiger partial charge on any atom is -0.375 e. The molecule has 1 unspecified atom stereocenters. The number of aromatic nitrogens is 2. The normalized spacial score (nSPS) is 12.0. The van der Waals surface area contributed by atoms with Crippen molar-refractivity contribution in [2.24, 2.45) is 7.05 Å². The molecule has 0 saturated carbocycles. The second kappa shape index (κ2) is 6.90. The zero-order valence-corrected chi connectivity index (χ0v) is 12.5. The van der Waals surface area contributed by atoms with Gasteiger partial charge in [0.2, 0.25) is 5.91 Å². The maximum absolute atomic E-state index is 11.5. The Morgan fingerprint density at radius 3 is 2.86 bits per heavy atom. The number of carbonyl (C=O) groups is 1. The van der Waals surface area contributed by atoms with Crippen molar-refractivity contribution in [3.8, 4) is 0 Å². The molecule has 0 fully saturated rings. The lowest BCUT2D eigenvalue weighted by molar-refractivity contribution is -0.119. The molecule has 0 aliphatic carbocycles. The van der Waals surface area contributed by atoms with E-state index >= 15 is 0 Å². The molecule has 6 nitrogen and oxygen atoms in total. The van der Waals surface area contributed by atoms with Crippen LogP contribution >= 0.6 is 0 Å². The van der Waals surface area contributed by atoms with E-state index in [0.717, 1.165) is 17.2 Å². The number of rotatable bonds is 6. The number of imidazole rings is 1. The number of carbonyl (C=O) groups excluding carboxylic acids is 1. The third-order valence-electron chi connectivity index (χ3n) is 3.05. The summed E-state index contributed by atoms with van der Waals surface area (Å²) in [7, 11) is 3.45. The van der Waals surface area contributed by atoms with Gasteiger partial charge >= 0.3 is 0 Å². The molecule has 1 heterocycles. The number of hydrogen-bond donors (Lipinski definition) is 2. The lowest BCUT2D eigenvalue weighted by Gasteiger charge is -2.16. The van der Waals surface area contributed by atoms with Gasteiger partial charge in [-0.25, -0.2) is 4.98 Å². The van der Waals surface area contributed by atoms with Crippen LogP contribution in [0.3, 0.4) is 0 Å². The number of amides is 1. The van der Waals surface area contributed by atoms with E-state index in [0.29, 0.717) is 0 Å². The number of hydrogen-bond acceptors (Lipinski definition) is 4. The highest BCUT2D eigenvalue weighted by Gasteiger charge is 2.10. The Labute approximate surface area is 124 Å². The summed E-state index contributed by atoms with van der Waals surface area (Å²) in [6.45, 7) is 2.08. The molecule has 2 rings (SSSR count). The summed E-state index contributed by atoms with van der Waals surface area (Å²) in [5, 5.41) is 6.14. The molecule has 0 aliphatic rings. The molecule has 6 heteroatoms. The predicted molar refractivity (Wildman–Crippen MR) is 82.2 cm³/mol. The highest BCUT2D eigenvalue weighted by atomic mass is 16.5. The molecule has 1 amide bonds. The van der Waals surface area contributed by atoms with Crippen LogP contribution in [0.25, 0.3) is 0 Å². The van der Waals surface area contributed by atoms with Crippen LogP contribution in [-0.4, -0.2) is 29.2 Å². The molecule has 1 atom stereocenters. The van der Waals surface area contributed by atoms with E-state index in [1.807, 2.05) is 49.0 Å². The van der Waals surface area contributed by atoms with Gasteiger partial charge in [-0.1, -0.05) is 6.07 Å². The van der Waals surface area contributed by atoms with Crippen LogP contribution < -0.4 is 10.6 Å². The lowest BCUT2D eigenvalue weighted by atomic mass is 10.2. The number of nitrogens with one attached hydrogen (secondary N) is 2. The summed E-state index contributed by atoms with van der Waals surface area (Å²) in [6.07, 6.45) is 3.68. The molecule has 0 radical (unpaired) electrons. The first-order valence-corrected chi connectivity index (χ1v) is 6.72. The van der Waals surface area contributed by atoms with Gasteiger partial charge in [-0.15, -0.1) is 0 Å². The standard InChI is InChI=1S/C15H20N4O2/c1-11(15-16-7-8-19(15)2)17-12-5-4-6-13(9-12)18-14(20)10-21-3/h4-9,11,17H,10H2,1-3H3,(H,18,20). The average molecular weight is 288 g/mol. The largest absolute Gasteiger partial charge is 0.375 e. The highest BCUT2D eigenvalue weighted by Crippen LogP contribution is 2.20. The molecule has 21 heavy (non-hydrogen) atoms. The minimum atomic E-state index is -0.174. The van der Waals surface area contributed by atoms with Crippen LogP contribution in [0.2, 0.25) is 0 Å². The van der Waals surface area contributed by atoms with Gasteiger partial charge in [0.25, 0.3) is 0 Å². The maximum atomic E-state index is 11.5. The molecule has 1 aromatic carbocycles. The maximum Gasteiger partial charge on any atom is 0.250 e. The van der Waals surface area contributed by atoms with Gasteiger partial charge in [-0.3, -0.25) is 4.79 Å². The fraction of sp³-hybridized carbons (Fsp3) is 0.333. The molecule has 1 aromatic heterocycles. The second-order valence-corrected chi connectivity index (χ2v) is 4.82. The first-order valence-electron chi connectivity index (χ1n) is 6.72. The van der Waals surface area contributed by atoms with Gasteiger partial charge in [-0.2, -0.15) is 0 Å². The Bertz CT molecular complexity index is 609. The van der Waals surface area contributed by atoms with Gasteiger partial charge in [-0.05, 0) is 25.1 Å². The third-order valence-corrected chi connectivity index (χ3v) is 3.05. The second-order valence-electron chi connectivity index (χ2n) is 4.82. The first-order chi connectivity index (χ1) is 10.1. The zero-order valence-electron chi connectivity index (χ0n) is 12.5. The van der Waals surface area contributed by atoms with Crippen LogP contribution in [-0.2, 0) is 16.6 Å². The summed E-state index contributed by atoms with van der Waals surface area (Å²) < 4.78 is 6.77. The smallest absolute Gasteiger partial charge is 0.250 e. The summed E-state index contributed by atoms with van der Waals surface area (Å²) in [6, 6.07) is 7.62. The van der Waals surface area contributed by atoms with Crippen LogP contribution in [0.1, 0.15) is 18.8 Å². The summed E-state index contributed by atoms with van der Waals surface area (Å²) in [5.74, 6) is 0.774. The van der Waals surface area contributed by atoms with Crippen LogP contribution in [0.5, 0.6) is 0 Å². The van der Waals surface area contributed by atoms with Gasteiger partial charge < -0.3 is 19.9 Å². The number of aryl methyl sites for hydroxylation is 1. The van der Waals surface area contributed by atoms with E-state index in [1.165, 1.54) is 7.11 Å². The highest BCUT2D eigenvalue weighted by molar-refractivity contribution is 5.92. The van der Waals surface area contributed by atoms with Gasteiger partial charge in [0.05, 0.1) is 6.04 Å². The summed E-state index contributed by atoms with van der Waals surface area (Å²) >= 11 is 0. The number of benzene rings is 1. The molecule has 0 saturated heterocycles.